The van der Waals surface area contributed by atoms with Gasteiger partial charge in [0.1, 0.15) is 5.69 Å². The normalized spacial score (nSPS) is 17.7. The van der Waals surface area contributed by atoms with Gasteiger partial charge in [-0.1, -0.05) is 57.4 Å². The second-order valence-corrected chi connectivity index (χ2v) is 10.2. The fourth-order valence-corrected chi connectivity index (χ4v) is 6.10. The van der Waals surface area contributed by atoms with Crippen LogP contribution in [0.25, 0.3) is 10.9 Å². The van der Waals surface area contributed by atoms with Crippen LogP contribution in [0.15, 0.2) is 41.8 Å². The summed E-state index contributed by atoms with van der Waals surface area (Å²) in [6.45, 7) is 4.72. The van der Waals surface area contributed by atoms with Crippen LogP contribution in [0.1, 0.15) is 83.3 Å². The van der Waals surface area contributed by atoms with Crippen molar-refractivity contribution >= 4 is 34.1 Å². The van der Waals surface area contributed by atoms with E-state index in [1.807, 2.05) is 40.6 Å². The number of aromatic nitrogens is 1. The van der Waals surface area contributed by atoms with E-state index < -0.39 is 0 Å². The first-order chi connectivity index (χ1) is 15.5. The summed E-state index contributed by atoms with van der Waals surface area (Å²) in [6, 6.07) is 11.9. The number of rotatable bonds is 5. The molecule has 0 radical (unpaired) electrons. The molecule has 0 bridgehead atoms. The zero-order chi connectivity index (χ0) is 22.2. The van der Waals surface area contributed by atoms with Crippen molar-refractivity contribution in [1.29, 1.82) is 0 Å². The Morgan fingerprint density at radius 2 is 1.91 bits per heavy atom. The summed E-state index contributed by atoms with van der Waals surface area (Å²) in [5.74, 6) is 0.106. The van der Waals surface area contributed by atoms with Crippen LogP contribution >= 0.6 is 11.3 Å². The molecule has 0 saturated heterocycles. The first-order valence-corrected chi connectivity index (χ1v) is 12.5. The van der Waals surface area contributed by atoms with Crippen molar-refractivity contribution in [3.05, 3.63) is 63.5 Å². The van der Waals surface area contributed by atoms with Gasteiger partial charge in [0.2, 0.25) is 0 Å². The zero-order valence-corrected chi connectivity index (χ0v) is 19.5. The van der Waals surface area contributed by atoms with E-state index in [0.29, 0.717) is 23.3 Å². The number of carbonyl (C=O) groups excluding carboxylic acids is 2. The number of carbonyl (C=O) groups is 2. The van der Waals surface area contributed by atoms with Crippen molar-refractivity contribution in [3.63, 3.8) is 0 Å². The molecule has 3 aromatic rings. The Morgan fingerprint density at radius 1 is 1.12 bits per heavy atom. The minimum absolute atomic E-state index is 0.0228. The van der Waals surface area contributed by atoms with E-state index in [9.17, 15) is 9.59 Å². The Bertz CT molecular complexity index is 1150. The van der Waals surface area contributed by atoms with Crippen LogP contribution in [-0.2, 0) is 6.54 Å². The summed E-state index contributed by atoms with van der Waals surface area (Å²) < 4.78 is 0. The molecule has 6 heteroatoms. The predicted molar refractivity (Wildman–Crippen MR) is 128 cm³/mol. The standard InChI is InChI=1S/C26H29N3O2S/c1-16(2)23(21-13-8-14-32-21)28-25(30)22-18-11-6-7-12-20(18)27-24-19(22)15-29(26(24)31)17-9-4-3-5-10-17/h6-8,11-14,16-17,23H,3-5,9-10,15H2,1-2H3,(H,28,30)/t23-/m1/s1. The highest BCUT2D eigenvalue weighted by atomic mass is 32.1. The van der Waals surface area contributed by atoms with Crippen LogP contribution < -0.4 is 5.32 Å². The maximum absolute atomic E-state index is 13.8. The highest BCUT2D eigenvalue weighted by Gasteiger charge is 2.38. The van der Waals surface area contributed by atoms with Crippen LogP contribution in [0.4, 0.5) is 0 Å². The van der Waals surface area contributed by atoms with Gasteiger partial charge in [-0.15, -0.1) is 11.3 Å². The van der Waals surface area contributed by atoms with E-state index >= 15 is 0 Å². The number of hydrogen-bond donors (Lipinski definition) is 1. The Morgan fingerprint density at radius 3 is 2.62 bits per heavy atom. The first kappa shape index (κ1) is 21.1. The Balaban J connectivity index is 1.56. The van der Waals surface area contributed by atoms with E-state index in [1.165, 1.54) is 6.42 Å². The van der Waals surface area contributed by atoms with Crippen LogP contribution in [-0.4, -0.2) is 27.7 Å². The smallest absolute Gasteiger partial charge is 0.273 e. The van der Waals surface area contributed by atoms with Gasteiger partial charge in [0.05, 0.1) is 17.1 Å². The second-order valence-electron chi connectivity index (χ2n) is 9.27. The molecule has 2 aliphatic rings. The highest BCUT2D eigenvalue weighted by molar-refractivity contribution is 7.10. The van der Waals surface area contributed by atoms with E-state index in [2.05, 4.69) is 25.2 Å². The summed E-state index contributed by atoms with van der Waals surface area (Å²) in [7, 11) is 0. The quantitative estimate of drug-likeness (QED) is 0.545. The summed E-state index contributed by atoms with van der Waals surface area (Å²) in [5, 5.41) is 6.13. The van der Waals surface area contributed by atoms with Gasteiger partial charge in [0, 0.05) is 28.4 Å². The third kappa shape index (κ3) is 3.71. The molecule has 1 aliphatic heterocycles. The number of thiophene rings is 1. The molecule has 0 unspecified atom stereocenters. The van der Waals surface area contributed by atoms with Gasteiger partial charge in [-0.25, -0.2) is 4.98 Å². The molecule has 32 heavy (non-hydrogen) atoms. The Kier molecular flexibility index (Phi) is 5.72. The Hall–Kier alpha value is -2.73. The van der Waals surface area contributed by atoms with Crippen molar-refractivity contribution in [2.24, 2.45) is 5.92 Å². The van der Waals surface area contributed by atoms with Gasteiger partial charge in [-0.05, 0) is 36.3 Å². The molecule has 5 rings (SSSR count). The molecule has 166 valence electrons. The third-order valence-corrected chi connectivity index (χ3v) is 7.79. The monoisotopic (exact) mass is 447 g/mol. The fourth-order valence-electron chi connectivity index (χ4n) is 5.16. The summed E-state index contributed by atoms with van der Waals surface area (Å²) in [4.78, 5) is 34.9. The number of nitrogens with zero attached hydrogens (tertiary/aromatic N) is 2. The number of benzene rings is 1. The van der Waals surface area contributed by atoms with E-state index in [0.717, 1.165) is 41.5 Å². The average Bonchev–Trinajstić information content (AvgIpc) is 3.45. The summed E-state index contributed by atoms with van der Waals surface area (Å²) in [5.41, 5.74) is 2.55. The maximum atomic E-state index is 13.8. The van der Waals surface area contributed by atoms with E-state index in [1.54, 1.807) is 11.3 Å². The van der Waals surface area contributed by atoms with Crippen LogP contribution in [0.2, 0.25) is 0 Å². The maximum Gasteiger partial charge on any atom is 0.273 e. The molecule has 2 aromatic heterocycles. The van der Waals surface area contributed by atoms with Gasteiger partial charge in [-0.2, -0.15) is 0 Å². The molecule has 1 fully saturated rings. The van der Waals surface area contributed by atoms with Crippen molar-refractivity contribution < 1.29 is 9.59 Å². The lowest BCUT2D eigenvalue weighted by molar-refractivity contribution is 0.0655. The number of pyridine rings is 1. The summed E-state index contributed by atoms with van der Waals surface area (Å²) in [6.07, 6.45) is 5.62. The number of fused-ring (bicyclic) bond motifs is 2. The van der Waals surface area contributed by atoms with E-state index in [4.69, 9.17) is 4.98 Å². The van der Waals surface area contributed by atoms with Gasteiger partial charge >= 0.3 is 0 Å². The largest absolute Gasteiger partial charge is 0.344 e. The minimum Gasteiger partial charge on any atom is -0.344 e. The second kappa shape index (κ2) is 8.66. The van der Waals surface area contributed by atoms with Gasteiger partial charge in [-0.3, -0.25) is 9.59 Å². The number of para-hydroxylation sites is 1. The van der Waals surface area contributed by atoms with Gasteiger partial charge < -0.3 is 10.2 Å². The molecular formula is C26H29N3O2S. The lowest BCUT2D eigenvalue weighted by atomic mass is 9.94. The number of nitrogens with one attached hydrogen (secondary N) is 1. The molecular weight excluding hydrogens is 418 g/mol. The van der Waals surface area contributed by atoms with Crippen LogP contribution in [0, 0.1) is 5.92 Å². The zero-order valence-electron chi connectivity index (χ0n) is 18.6. The van der Waals surface area contributed by atoms with Crippen molar-refractivity contribution in [2.75, 3.05) is 0 Å². The molecule has 0 spiro atoms. The number of hydrogen-bond acceptors (Lipinski definition) is 4. The average molecular weight is 448 g/mol. The topological polar surface area (TPSA) is 62.3 Å². The Labute approximate surface area is 192 Å². The van der Waals surface area contributed by atoms with E-state index in [-0.39, 0.29) is 29.8 Å². The van der Waals surface area contributed by atoms with Crippen LogP contribution in [0.5, 0.6) is 0 Å². The highest BCUT2D eigenvalue weighted by Crippen LogP contribution is 2.35. The molecule has 1 N–H and O–H groups in total. The van der Waals surface area contributed by atoms with Crippen molar-refractivity contribution in [2.45, 2.75) is 64.6 Å². The first-order valence-electron chi connectivity index (χ1n) is 11.6. The van der Waals surface area contributed by atoms with Gasteiger partial charge in [0.25, 0.3) is 11.8 Å². The summed E-state index contributed by atoms with van der Waals surface area (Å²) >= 11 is 1.66. The van der Waals surface area contributed by atoms with Crippen LogP contribution in [0.3, 0.4) is 0 Å². The van der Waals surface area contributed by atoms with Crippen molar-refractivity contribution in [3.8, 4) is 0 Å². The lowest BCUT2D eigenvalue weighted by Crippen LogP contribution is -2.37. The minimum atomic E-state index is -0.120. The van der Waals surface area contributed by atoms with Gasteiger partial charge in [0.15, 0.2) is 0 Å². The molecule has 5 nitrogen and oxygen atoms in total. The molecule has 3 heterocycles. The third-order valence-electron chi connectivity index (χ3n) is 6.83. The molecule has 1 atom stereocenters. The lowest BCUT2D eigenvalue weighted by Gasteiger charge is -2.30. The molecule has 1 aliphatic carbocycles. The molecule has 1 saturated carbocycles. The SMILES string of the molecule is CC(C)[C@@H](NC(=O)c1c2c(nc3ccccc13)C(=O)N(C1CCCCC1)C2)c1cccs1. The number of amides is 2. The predicted octanol–water partition coefficient (Wildman–Crippen LogP) is 5.71. The molecule has 1 aromatic carbocycles. The molecule has 2 amide bonds. The fraction of sp³-hybridized carbons (Fsp3) is 0.423. The van der Waals surface area contributed by atoms with Crippen molar-refractivity contribution in [1.82, 2.24) is 15.2 Å².